The van der Waals surface area contributed by atoms with Gasteiger partial charge in [-0.05, 0) is 65.1 Å². The molecule has 0 aromatic heterocycles. The molecule has 0 saturated heterocycles. The lowest BCUT2D eigenvalue weighted by Gasteiger charge is -2.24. The summed E-state index contributed by atoms with van der Waals surface area (Å²) in [6, 6.07) is 31.4. The van der Waals surface area contributed by atoms with Crippen molar-refractivity contribution in [2.24, 2.45) is 11.7 Å². The number of rotatable bonds is 11. The molecule has 0 bridgehead atoms. The van der Waals surface area contributed by atoms with E-state index in [0.29, 0.717) is 17.5 Å². The minimum atomic E-state index is -5.19. The summed E-state index contributed by atoms with van der Waals surface area (Å²) in [6.07, 6.45) is -1.19. The number of amidine groups is 1. The van der Waals surface area contributed by atoms with Crippen molar-refractivity contribution in [3.63, 3.8) is 0 Å². The lowest BCUT2D eigenvalue weighted by Crippen LogP contribution is -2.46. The van der Waals surface area contributed by atoms with E-state index in [0.717, 1.165) is 28.0 Å². The lowest BCUT2D eigenvalue weighted by atomic mass is 9.90. The molecule has 0 aliphatic heterocycles. The summed E-state index contributed by atoms with van der Waals surface area (Å²) < 4.78 is 42.1. The highest BCUT2D eigenvalue weighted by Gasteiger charge is 2.30. The number of carboxylic acids is 1. The van der Waals surface area contributed by atoms with E-state index in [2.05, 4.69) is 5.32 Å². The summed E-state index contributed by atoms with van der Waals surface area (Å²) in [6.45, 7) is 0. The number of nitrogens with two attached hydrogens (primary N) is 2. The zero-order valence-corrected chi connectivity index (χ0v) is 26.1. The van der Waals surface area contributed by atoms with Gasteiger partial charge in [-0.25, -0.2) is 0 Å². The van der Waals surface area contributed by atoms with Gasteiger partial charge in [-0.3, -0.25) is 20.7 Å². The first kappa shape index (κ1) is 36.6. The van der Waals surface area contributed by atoms with Gasteiger partial charge in [0.15, 0.2) is 0 Å². The van der Waals surface area contributed by atoms with Gasteiger partial charge in [-0.15, -0.1) is 0 Å². The molecule has 1 amide bonds. The van der Waals surface area contributed by atoms with E-state index in [9.17, 15) is 22.8 Å². The molecule has 0 radical (unpaired) electrons. The van der Waals surface area contributed by atoms with Crippen molar-refractivity contribution in [3.8, 4) is 16.9 Å². The van der Waals surface area contributed by atoms with Crippen LogP contribution in [0.3, 0.4) is 0 Å². The number of hydrogen-bond donors (Lipinski definition) is 3. The molecule has 2 atom stereocenters. The number of methoxy groups -OCH3 is 2. The van der Waals surface area contributed by atoms with Crippen molar-refractivity contribution in [2.75, 3.05) is 14.2 Å². The van der Waals surface area contributed by atoms with Gasteiger partial charge in [-0.2, -0.15) is 13.2 Å². The molecule has 4 aromatic carbocycles. The fourth-order valence-corrected chi connectivity index (χ4v) is 4.55. The first-order chi connectivity index (χ1) is 22.8. The zero-order valence-electron chi connectivity index (χ0n) is 26.1. The van der Waals surface area contributed by atoms with Crippen LogP contribution in [0.1, 0.15) is 27.0 Å². The van der Waals surface area contributed by atoms with Crippen LogP contribution in [-0.4, -0.2) is 50.1 Å². The number of alkyl halides is 3. The normalized spacial score (nSPS) is 12.2. The second-order valence-corrected chi connectivity index (χ2v) is 10.4. The predicted octanol–water partition coefficient (Wildman–Crippen LogP) is 2.97. The SMILES string of the molecule is COC(=O)[C@H](Cc1cccc(C(N)=[NH2+])c1)[C@@H](/C=C/c1ccccc1)NC(=O)c1ccc(-c2cccc(OC)c2)cc1.O=C([O-])C(F)(F)F. The molecule has 9 nitrogen and oxygen atoms in total. The Morgan fingerprint density at radius 2 is 1.52 bits per heavy atom. The van der Waals surface area contributed by atoms with Crippen molar-refractivity contribution in [1.82, 2.24) is 5.32 Å². The molecule has 250 valence electrons. The molecule has 0 aliphatic rings. The molecule has 48 heavy (non-hydrogen) atoms. The average molecular weight is 662 g/mol. The Balaban J connectivity index is 0.000000804. The highest BCUT2D eigenvalue weighted by Crippen LogP contribution is 2.25. The number of ether oxygens (including phenoxy) is 2. The molecule has 0 heterocycles. The van der Waals surface area contributed by atoms with Crippen LogP contribution in [0.4, 0.5) is 13.2 Å². The number of carbonyl (C=O) groups excluding carboxylic acids is 3. The molecule has 0 aliphatic carbocycles. The van der Waals surface area contributed by atoms with Gasteiger partial charge in [0.05, 0.1) is 31.7 Å². The Kier molecular flexibility index (Phi) is 13.0. The van der Waals surface area contributed by atoms with Crippen molar-refractivity contribution in [1.29, 1.82) is 0 Å². The summed E-state index contributed by atoms with van der Waals surface area (Å²) in [5, 5.41) is 17.6. The monoisotopic (exact) mass is 661 g/mol. The Morgan fingerprint density at radius 3 is 2.10 bits per heavy atom. The molecular formula is C36H34F3N3O6. The van der Waals surface area contributed by atoms with Gasteiger partial charge in [0.1, 0.15) is 11.7 Å². The standard InChI is InChI=1S/C34H33N3O4.C2HF3O2/c1-40-29-13-7-11-27(22-29)25-15-17-26(18-16-25)33(38)37-31(19-14-23-8-4-3-5-9-23)30(34(39)41-2)21-24-10-6-12-28(20-24)32(35)36;3-2(4,5)1(6)7/h3-20,22,30-31H,21H2,1-2H3,(H3,35,36)(H,37,38);(H,6,7)/b19-14+;/t30-,31-;/m1./s1. The molecule has 12 heteroatoms. The number of amides is 1. The number of halogens is 3. The van der Waals surface area contributed by atoms with E-state index in [1.165, 1.54) is 7.11 Å². The summed E-state index contributed by atoms with van der Waals surface area (Å²) in [5.74, 6) is -3.54. The largest absolute Gasteiger partial charge is 0.542 e. The van der Waals surface area contributed by atoms with Crippen LogP contribution >= 0.6 is 0 Å². The van der Waals surface area contributed by atoms with E-state index >= 15 is 0 Å². The Morgan fingerprint density at radius 1 is 0.875 bits per heavy atom. The molecule has 0 saturated carbocycles. The number of nitrogens with one attached hydrogen (secondary N) is 1. The van der Waals surface area contributed by atoms with Crippen molar-refractivity contribution in [3.05, 3.63) is 131 Å². The Bertz CT molecular complexity index is 1740. The van der Waals surface area contributed by atoms with Gasteiger partial charge in [-0.1, -0.05) is 78.9 Å². The van der Waals surface area contributed by atoms with Crippen LogP contribution in [0.5, 0.6) is 5.75 Å². The fourth-order valence-electron chi connectivity index (χ4n) is 4.55. The first-order valence-corrected chi connectivity index (χ1v) is 14.4. The maximum absolute atomic E-state index is 13.5. The average Bonchev–Trinajstić information content (AvgIpc) is 3.09. The molecular weight excluding hydrogens is 627 g/mol. The number of carboxylic acid groups (broad SMARTS) is 1. The highest BCUT2D eigenvalue weighted by molar-refractivity contribution is 5.95. The third kappa shape index (κ3) is 10.9. The van der Waals surface area contributed by atoms with Crippen LogP contribution in [0, 0.1) is 5.92 Å². The molecule has 5 N–H and O–H groups in total. The minimum absolute atomic E-state index is 0.188. The maximum atomic E-state index is 13.5. The van der Waals surface area contributed by atoms with Gasteiger partial charge >= 0.3 is 12.1 Å². The van der Waals surface area contributed by atoms with E-state index in [4.69, 9.17) is 30.5 Å². The van der Waals surface area contributed by atoms with Crippen LogP contribution in [0.2, 0.25) is 0 Å². The van der Waals surface area contributed by atoms with Gasteiger partial charge < -0.3 is 24.7 Å². The summed E-state index contributed by atoms with van der Waals surface area (Å²) >= 11 is 0. The van der Waals surface area contributed by atoms with Gasteiger partial charge in [0, 0.05) is 5.56 Å². The Hall–Kier alpha value is -5.91. The summed E-state index contributed by atoms with van der Waals surface area (Å²) in [5.41, 5.74) is 10.6. The first-order valence-electron chi connectivity index (χ1n) is 14.4. The third-order valence-corrected chi connectivity index (χ3v) is 7.03. The summed E-state index contributed by atoms with van der Waals surface area (Å²) in [4.78, 5) is 35.3. The number of carbonyl (C=O) groups is 3. The lowest BCUT2D eigenvalue weighted by molar-refractivity contribution is -0.344. The minimum Gasteiger partial charge on any atom is -0.542 e. The molecule has 4 aromatic rings. The van der Waals surface area contributed by atoms with E-state index in [-0.39, 0.29) is 11.7 Å². The van der Waals surface area contributed by atoms with Crippen molar-refractivity contribution in [2.45, 2.75) is 18.6 Å². The van der Waals surface area contributed by atoms with Gasteiger partial charge in [0.2, 0.25) is 0 Å². The third-order valence-electron chi connectivity index (χ3n) is 7.03. The van der Waals surface area contributed by atoms with E-state index < -0.39 is 30.1 Å². The van der Waals surface area contributed by atoms with Crippen LogP contribution in [-0.2, 0) is 20.7 Å². The van der Waals surface area contributed by atoms with Crippen molar-refractivity contribution >= 4 is 29.8 Å². The second-order valence-electron chi connectivity index (χ2n) is 10.4. The highest BCUT2D eigenvalue weighted by atomic mass is 19.4. The van der Waals surface area contributed by atoms with Crippen LogP contribution in [0.25, 0.3) is 17.2 Å². The maximum Gasteiger partial charge on any atom is 0.430 e. The van der Waals surface area contributed by atoms with Crippen LogP contribution in [0.15, 0.2) is 109 Å². The van der Waals surface area contributed by atoms with E-state index in [1.807, 2.05) is 97.1 Å². The topological polar surface area (TPSA) is 156 Å². The second kappa shape index (κ2) is 17.1. The van der Waals surface area contributed by atoms with Crippen molar-refractivity contribution < 1.29 is 47.5 Å². The molecule has 0 fully saturated rings. The molecule has 0 spiro atoms. The summed E-state index contributed by atoms with van der Waals surface area (Å²) in [7, 11) is 2.97. The van der Waals surface area contributed by atoms with E-state index in [1.54, 1.807) is 25.3 Å². The number of hydrogen-bond acceptors (Lipinski definition) is 6. The number of benzene rings is 4. The van der Waals surface area contributed by atoms with Crippen LogP contribution < -0.4 is 26.3 Å². The molecule has 0 unspecified atom stereocenters. The number of aliphatic carboxylic acids is 1. The fraction of sp³-hybridized carbons (Fsp3) is 0.167. The number of esters is 1. The quantitative estimate of drug-likeness (QED) is 0.127. The predicted molar refractivity (Wildman–Crippen MR) is 172 cm³/mol. The molecule has 4 rings (SSSR count). The zero-order chi connectivity index (χ0) is 35.3. The Labute approximate surface area is 275 Å². The van der Waals surface area contributed by atoms with Gasteiger partial charge in [0.25, 0.3) is 11.7 Å². The smallest absolute Gasteiger partial charge is 0.430 e.